The minimum absolute atomic E-state index is 0.104. The molecule has 3 aromatic rings. The highest BCUT2D eigenvalue weighted by atomic mass is 35.5. The average Bonchev–Trinajstić information content (AvgIpc) is 2.75. The Labute approximate surface area is 192 Å². The van der Waals surface area contributed by atoms with Crippen LogP contribution in [0.25, 0.3) is 0 Å². The first kappa shape index (κ1) is 23.1. The lowest BCUT2D eigenvalue weighted by atomic mass is 10.1. The summed E-state index contributed by atoms with van der Waals surface area (Å²) in [5.74, 6) is -0.559. The van der Waals surface area contributed by atoms with Crippen molar-refractivity contribution < 1.29 is 13.2 Å². The van der Waals surface area contributed by atoms with Crippen LogP contribution in [-0.2, 0) is 21.2 Å². The van der Waals surface area contributed by atoms with Gasteiger partial charge in [0, 0.05) is 0 Å². The lowest BCUT2D eigenvalue weighted by Gasteiger charge is -2.26. The zero-order chi connectivity index (χ0) is 22.6. The Morgan fingerprint density at radius 2 is 1.55 bits per heavy atom. The lowest BCUT2D eigenvalue weighted by Crippen LogP contribution is -2.38. The number of anilines is 2. The Hall–Kier alpha value is -2.54. The van der Waals surface area contributed by atoms with Gasteiger partial charge in [-0.2, -0.15) is 0 Å². The summed E-state index contributed by atoms with van der Waals surface area (Å²) in [6.45, 7) is 3.37. The van der Waals surface area contributed by atoms with Gasteiger partial charge in [0.15, 0.2) is 0 Å². The number of benzene rings is 3. The average molecular weight is 477 g/mol. The molecule has 0 unspecified atom stereocenters. The predicted octanol–water partition coefficient (Wildman–Crippen LogP) is 5.70. The molecule has 31 heavy (non-hydrogen) atoms. The van der Waals surface area contributed by atoms with Crippen molar-refractivity contribution in [2.24, 2.45) is 0 Å². The fourth-order valence-electron chi connectivity index (χ4n) is 3.12. The summed E-state index contributed by atoms with van der Waals surface area (Å²) in [7, 11) is -4.00. The molecule has 0 heterocycles. The van der Waals surface area contributed by atoms with Crippen molar-refractivity contribution in [3.63, 3.8) is 0 Å². The molecular weight excluding hydrogens is 455 g/mol. The van der Waals surface area contributed by atoms with Crippen molar-refractivity contribution in [2.45, 2.75) is 25.2 Å². The van der Waals surface area contributed by atoms with Gasteiger partial charge < -0.3 is 5.32 Å². The number of carbonyl (C=O) groups is 1. The van der Waals surface area contributed by atoms with E-state index in [-0.39, 0.29) is 20.6 Å². The molecule has 0 aliphatic carbocycles. The molecule has 1 amide bonds. The van der Waals surface area contributed by atoms with Crippen LogP contribution in [0.5, 0.6) is 0 Å². The van der Waals surface area contributed by atoms with Crippen molar-refractivity contribution in [3.05, 3.63) is 87.9 Å². The number of aryl methyl sites for hydroxylation is 2. The molecule has 162 valence electrons. The smallest absolute Gasteiger partial charge is 0.264 e. The number of amides is 1. The number of sulfonamides is 1. The molecule has 0 radical (unpaired) electrons. The Balaban J connectivity index is 2.02. The predicted molar refractivity (Wildman–Crippen MR) is 127 cm³/mol. The maximum atomic E-state index is 13.5. The molecule has 0 spiro atoms. The van der Waals surface area contributed by atoms with Crippen LogP contribution < -0.4 is 9.62 Å². The standard InChI is InChI=1S/C23H22Cl2N2O3S/c1-3-17-7-4-5-10-21(17)27(31(29,30)18-13-11-16(2)12-14-18)15-22(28)26-23-19(24)8-6-9-20(23)25/h4-14H,3,15H2,1-2H3,(H,26,28). The highest BCUT2D eigenvalue weighted by Crippen LogP contribution is 2.31. The summed E-state index contributed by atoms with van der Waals surface area (Å²) >= 11 is 12.3. The number of rotatable bonds is 7. The minimum atomic E-state index is -4.00. The number of halogens is 2. The van der Waals surface area contributed by atoms with E-state index < -0.39 is 22.5 Å². The molecular formula is C23H22Cl2N2O3S. The SMILES string of the molecule is CCc1ccccc1N(CC(=O)Nc1c(Cl)cccc1Cl)S(=O)(=O)c1ccc(C)cc1. The maximum Gasteiger partial charge on any atom is 0.264 e. The van der Waals surface area contributed by atoms with Gasteiger partial charge in [0.2, 0.25) is 5.91 Å². The summed E-state index contributed by atoms with van der Waals surface area (Å²) in [5, 5.41) is 3.17. The topological polar surface area (TPSA) is 66.5 Å². The first-order chi connectivity index (χ1) is 14.7. The first-order valence-corrected chi connectivity index (χ1v) is 11.8. The van der Waals surface area contributed by atoms with E-state index in [4.69, 9.17) is 23.2 Å². The quantitative estimate of drug-likeness (QED) is 0.475. The fraction of sp³-hybridized carbons (Fsp3) is 0.174. The zero-order valence-electron chi connectivity index (χ0n) is 17.1. The van der Waals surface area contributed by atoms with Crippen LogP contribution in [0.15, 0.2) is 71.6 Å². The molecule has 0 bridgehead atoms. The van der Waals surface area contributed by atoms with Gasteiger partial charge >= 0.3 is 0 Å². The molecule has 0 aliphatic heterocycles. The summed E-state index contributed by atoms with van der Waals surface area (Å²) in [6.07, 6.45) is 0.605. The second-order valence-corrected chi connectivity index (χ2v) is 9.63. The van der Waals surface area contributed by atoms with Gasteiger partial charge in [-0.05, 0) is 49.2 Å². The zero-order valence-corrected chi connectivity index (χ0v) is 19.4. The second kappa shape index (κ2) is 9.73. The number of carbonyl (C=O) groups excluding carboxylic acids is 1. The molecule has 1 N–H and O–H groups in total. The third kappa shape index (κ3) is 5.21. The second-order valence-electron chi connectivity index (χ2n) is 6.95. The van der Waals surface area contributed by atoms with E-state index in [9.17, 15) is 13.2 Å². The van der Waals surface area contributed by atoms with Crippen LogP contribution in [0, 0.1) is 6.92 Å². The van der Waals surface area contributed by atoms with Gasteiger partial charge in [-0.25, -0.2) is 8.42 Å². The minimum Gasteiger partial charge on any atom is -0.322 e. The molecule has 5 nitrogen and oxygen atoms in total. The molecule has 3 rings (SSSR count). The Bertz CT molecular complexity index is 1180. The number of hydrogen-bond acceptors (Lipinski definition) is 3. The molecule has 0 atom stereocenters. The molecule has 0 saturated carbocycles. The van der Waals surface area contributed by atoms with Crippen molar-refractivity contribution in [3.8, 4) is 0 Å². The van der Waals surface area contributed by atoms with Crippen LogP contribution in [-0.4, -0.2) is 20.9 Å². The summed E-state index contributed by atoms with van der Waals surface area (Å²) < 4.78 is 28.2. The maximum absolute atomic E-state index is 13.5. The fourth-order valence-corrected chi connectivity index (χ4v) is 5.07. The number of hydrogen-bond donors (Lipinski definition) is 1. The molecule has 0 aromatic heterocycles. The Kier molecular flexibility index (Phi) is 7.26. The van der Waals surface area contributed by atoms with E-state index in [2.05, 4.69) is 5.32 Å². The van der Waals surface area contributed by atoms with Crippen molar-refractivity contribution >= 4 is 50.5 Å². The lowest BCUT2D eigenvalue weighted by molar-refractivity contribution is -0.114. The van der Waals surface area contributed by atoms with Gasteiger partial charge in [-0.1, -0.05) is 72.1 Å². The number of para-hydroxylation sites is 2. The molecule has 0 aliphatic rings. The largest absolute Gasteiger partial charge is 0.322 e. The van der Waals surface area contributed by atoms with Crippen LogP contribution in [0.4, 0.5) is 11.4 Å². The molecule has 0 saturated heterocycles. The van der Waals surface area contributed by atoms with Gasteiger partial charge in [-0.15, -0.1) is 0 Å². The van der Waals surface area contributed by atoms with Crippen LogP contribution >= 0.6 is 23.2 Å². The third-order valence-corrected chi connectivity index (χ3v) is 7.17. The summed E-state index contributed by atoms with van der Waals surface area (Å²) in [5.41, 5.74) is 2.44. The van der Waals surface area contributed by atoms with E-state index in [0.29, 0.717) is 12.1 Å². The van der Waals surface area contributed by atoms with Crippen molar-refractivity contribution in [1.29, 1.82) is 0 Å². The normalized spacial score (nSPS) is 11.2. The van der Waals surface area contributed by atoms with Gasteiger partial charge in [0.05, 0.1) is 26.3 Å². The van der Waals surface area contributed by atoms with Gasteiger partial charge in [0.25, 0.3) is 10.0 Å². The number of nitrogens with one attached hydrogen (secondary N) is 1. The van der Waals surface area contributed by atoms with E-state index >= 15 is 0 Å². The van der Waals surface area contributed by atoms with Crippen LogP contribution in [0.2, 0.25) is 10.0 Å². The van der Waals surface area contributed by atoms with E-state index in [1.54, 1.807) is 42.5 Å². The highest BCUT2D eigenvalue weighted by molar-refractivity contribution is 7.92. The van der Waals surface area contributed by atoms with Gasteiger partial charge in [-0.3, -0.25) is 9.10 Å². The molecule has 8 heteroatoms. The molecule has 3 aromatic carbocycles. The van der Waals surface area contributed by atoms with E-state index in [1.807, 2.05) is 26.0 Å². The Morgan fingerprint density at radius 1 is 0.935 bits per heavy atom. The van der Waals surface area contributed by atoms with E-state index in [0.717, 1.165) is 15.4 Å². The van der Waals surface area contributed by atoms with Crippen molar-refractivity contribution in [1.82, 2.24) is 0 Å². The first-order valence-electron chi connectivity index (χ1n) is 9.65. The van der Waals surface area contributed by atoms with Crippen LogP contribution in [0.3, 0.4) is 0 Å². The summed E-state index contributed by atoms with van der Waals surface area (Å²) in [4.78, 5) is 13.0. The molecule has 0 fully saturated rings. The Morgan fingerprint density at radius 3 is 2.16 bits per heavy atom. The monoisotopic (exact) mass is 476 g/mol. The van der Waals surface area contributed by atoms with E-state index in [1.165, 1.54) is 12.1 Å². The number of nitrogens with zero attached hydrogens (tertiary/aromatic N) is 1. The van der Waals surface area contributed by atoms with Crippen LogP contribution in [0.1, 0.15) is 18.1 Å². The third-order valence-electron chi connectivity index (χ3n) is 4.76. The highest BCUT2D eigenvalue weighted by Gasteiger charge is 2.29. The van der Waals surface area contributed by atoms with Crippen molar-refractivity contribution in [2.75, 3.05) is 16.2 Å². The van der Waals surface area contributed by atoms with Gasteiger partial charge in [0.1, 0.15) is 6.54 Å². The summed E-state index contributed by atoms with van der Waals surface area (Å²) in [6, 6.07) is 18.5.